The highest BCUT2D eigenvalue weighted by Gasteiger charge is 2.16. The standard InChI is InChI=1S/C15H14O3.C14H12N2O.C13H11BrO.C13H12O2.C13H12O/c1-10-7-8-12-5-3-4-6-13(12)15(10)14(17)9-18-11(2)16;1-9-6-7-10-4-2-3-5-11(10)13(9)12-8-16-14(15)17-12;2*1-9-6-7-10-4-2-3-5-11(10)13(9)12(15)8-14;1-9-7-8-11-5-3-4-6-12(11)13(9)10(2)14/h3-8H,9H2,1-2H3;2-8H,1H3,(H2,15,16);2-7H,8H2,1H3;2-7,14H,8H2,1H3;3-8H,1-2H3. The number of alkyl halides is 1. The zero-order chi connectivity index (χ0) is 56.8. The molecule has 0 aliphatic rings. The van der Waals surface area contributed by atoms with E-state index in [0.29, 0.717) is 16.5 Å². The summed E-state index contributed by atoms with van der Waals surface area (Å²) in [5.41, 5.74) is 14.6. The number of nitrogens with zero attached hydrogens (tertiary/aromatic N) is 1. The third-order valence-electron chi connectivity index (χ3n) is 13.3. The zero-order valence-corrected chi connectivity index (χ0v) is 46.8. The van der Waals surface area contributed by atoms with Crippen molar-refractivity contribution in [3.63, 3.8) is 0 Å². The summed E-state index contributed by atoms with van der Waals surface area (Å²) in [4.78, 5) is 61.7. The average Bonchev–Trinajstić information content (AvgIpc) is 3.90. The maximum atomic E-state index is 12.1. The van der Waals surface area contributed by atoms with Crippen LogP contribution in [0.5, 0.6) is 0 Å². The summed E-state index contributed by atoms with van der Waals surface area (Å²) in [5, 5.41) is 19.8. The maximum absolute atomic E-state index is 12.1. The van der Waals surface area contributed by atoms with Crippen LogP contribution in [0.1, 0.15) is 83.1 Å². The van der Waals surface area contributed by atoms with E-state index in [9.17, 15) is 24.0 Å². The molecule has 3 N–H and O–H groups in total. The second-order valence-electron chi connectivity index (χ2n) is 18.9. The van der Waals surface area contributed by atoms with Crippen LogP contribution in [-0.2, 0) is 9.53 Å². The Morgan fingerprint density at radius 1 is 0.468 bits per heavy atom. The molecule has 0 bridgehead atoms. The van der Waals surface area contributed by atoms with Crippen molar-refractivity contribution in [1.82, 2.24) is 4.98 Å². The molecule has 0 aliphatic carbocycles. The fourth-order valence-electron chi connectivity index (χ4n) is 9.60. The van der Waals surface area contributed by atoms with Crippen LogP contribution in [0.3, 0.4) is 0 Å². The number of oxazole rings is 1. The molecule has 0 aliphatic heterocycles. The number of halogens is 1. The van der Waals surface area contributed by atoms with Crippen LogP contribution in [0.4, 0.5) is 6.01 Å². The highest BCUT2D eigenvalue weighted by molar-refractivity contribution is 9.09. The first-order chi connectivity index (χ1) is 38.0. The smallest absolute Gasteiger partial charge is 0.303 e. The minimum atomic E-state index is -0.443. The maximum Gasteiger partial charge on any atom is 0.303 e. The molecule has 0 unspecified atom stereocenters. The number of carbonyl (C=O) groups is 5. The number of nitrogens with two attached hydrogens (primary N) is 1. The lowest BCUT2D eigenvalue weighted by Gasteiger charge is -2.09. The number of aromatic nitrogens is 1. The number of benzene rings is 10. The Hall–Kier alpha value is -8.90. The number of ether oxygens (including phenoxy) is 1. The predicted molar refractivity (Wildman–Crippen MR) is 324 cm³/mol. The summed E-state index contributed by atoms with van der Waals surface area (Å²) in [6.07, 6.45) is 1.67. The van der Waals surface area contributed by atoms with E-state index in [1.54, 1.807) is 13.1 Å². The highest BCUT2D eigenvalue weighted by atomic mass is 79.9. The molecule has 11 heteroatoms. The van der Waals surface area contributed by atoms with Crippen molar-refractivity contribution in [2.45, 2.75) is 48.5 Å². The van der Waals surface area contributed by atoms with Gasteiger partial charge in [0.2, 0.25) is 5.78 Å². The normalized spacial score (nSPS) is 10.5. The lowest BCUT2D eigenvalue weighted by Crippen LogP contribution is -2.13. The van der Waals surface area contributed by atoms with Crippen molar-refractivity contribution in [2.24, 2.45) is 0 Å². The van der Waals surface area contributed by atoms with E-state index < -0.39 is 12.6 Å². The minimum absolute atomic E-state index is 0.138. The monoisotopic (exact) mass is 1110 g/mol. The number of anilines is 1. The number of aryl methyl sites for hydroxylation is 5. The summed E-state index contributed by atoms with van der Waals surface area (Å²) in [7, 11) is 0. The second kappa shape index (κ2) is 26.9. The minimum Gasteiger partial charge on any atom is -0.457 e. The molecule has 0 fully saturated rings. The molecule has 0 amide bonds. The van der Waals surface area contributed by atoms with E-state index in [0.717, 1.165) is 98.7 Å². The van der Waals surface area contributed by atoms with Gasteiger partial charge in [0.1, 0.15) is 6.61 Å². The highest BCUT2D eigenvalue weighted by Crippen LogP contribution is 2.33. The van der Waals surface area contributed by atoms with Crippen LogP contribution < -0.4 is 5.73 Å². The Labute approximate surface area is 468 Å². The number of ketones is 4. The molecule has 0 saturated carbocycles. The van der Waals surface area contributed by atoms with Crippen molar-refractivity contribution in [2.75, 3.05) is 24.3 Å². The first kappa shape index (κ1) is 57.8. The summed E-state index contributed by atoms with van der Waals surface area (Å²) >= 11 is 3.22. The van der Waals surface area contributed by atoms with Gasteiger partial charge < -0.3 is 20.0 Å². The van der Waals surface area contributed by atoms with Crippen molar-refractivity contribution in [3.8, 4) is 11.3 Å². The number of hydrogen-bond acceptors (Lipinski definition) is 10. The topological polar surface area (TPSA) is 167 Å². The Kier molecular flexibility index (Phi) is 19.7. The molecule has 0 saturated heterocycles. The number of esters is 1. The molecule has 398 valence electrons. The van der Waals surface area contributed by atoms with Gasteiger partial charge in [-0.2, -0.15) is 0 Å². The molecule has 0 radical (unpaired) electrons. The number of nitrogen functional groups attached to an aromatic ring is 1. The van der Waals surface area contributed by atoms with E-state index in [4.69, 9.17) is 20.0 Å². The number of rotatable bonds is 9. The van der Waals surface area contributed by atoms with Crippen molar-refractivity contribution >= 4 is 105 Å². The summed E-state index contributed by atoms with van der Waals surface area (Å²) in [6.45, 7) is 12.0. The molecule has 11 rings (SSSR count). The van der Waals surface area contributed by atoms with Gasteiger partial charge in [0.15, 0.2) is 29.7 Å². The molecule has 1 aromatic heterocycles. The Morgan fingerprint density at radius 3 is 1.18 bits per heavy atom. The first-order valence-corrected chi connectivity index (χ1v) is 26.7. The quantitative estimate of drug-likeness (QED) is 0.0807. The molecule has 11 aromatic rings. The average molecular weight is 1110 g/mol. The fraction of sp³-hybridized carbons (Fsp3) is 0.147. The molecular formula is C68H61BrN2O8. The largest absolute Gasteiger partial charge is 0.457 e. The molecule has 79 heavy (non-hydrogen) atoms. The Bertz CT molecular complexity index is 3950. The summed E-state index contributed by atoms with van der Waals surface area (Å²) < 4.78 is 10.2. The zero-order valence-electron chi connectivity index (χ0n) is 45.2. The van der Waals surface area contributed by atoms with Gasteiger partial charge in [0.25, 0.3) is 6.01 Å². The van der Waals surface area contributed by atoms with Crippen LogP contribution >= 0.6 is 15.9 Å². The van der Waals surface area contributed by atoms with E-state index in [-0.39, 0.29) is 35.8 Å². The van der Waals surface area contributed by atoms with Crippen LogP contribution in [0.2, 0.25) is 0 Å². The van der Waals surface area contributed by atoms with Gasteiger partial charge in [0.05, 0.1) is 11.5 Å². The van der Waals surface area contributed by atoms with Gasteiger partial charge in [-0.25, -0.2) is 4.98 Å². The van der Waals surface area contributed by atoms with Gasteiger partial charge in [-0.15, -0.1) is 0 Å². The van der Waals surface area contributed by atoms with E-state index >= 15 is 0 Å². The van der Waals surface area contributed by atoms with Crippen LogP contribution in [0.15, 0.2) is 193 Å². The number of Topliss-reactive ketones (excluding diaryl/α,β-unsaturated/α-hetero) is 4. The summed E-state index contributed by atoms with van der Waals surface area (Å²) in [5.74, 6) is 0.172. The lowest BCUT2D eigenvalue weighted by molar-refractivity contribution is -0.139. The van der Waals surface area contributed by atoms with E-state index in [2.05, 4.69) is 64.2 Å². The molecule has 10 aromatic carbocycles. The van der Waals surface area contributed by atoms with Gasteiger partial charge in [-0.05, 0) is 123 Å². The number of aliphatic hydroxyl groups excluding tert-OH is 1. The van der Waals surface area contributed by atoms with Crippen molar-refractivity contribution < 1.29 is 38.2 Å². The Morgan fingerprint density at radius 2 is 0.810 bits per heavy atom. The number of aliphatic hydroxyl groups is 1. The molecule has 10 nitrogen and oxygen atoms in total. The van der Waals surface area contributed by atoms with Gasteiger partial charge in [-0.1, -0.05) is 198 Å². The predicted octanol–water partition coefficient (Wildman–Crippen LogP) is 15.7. The third-order valence-corrected chi connectivity index (χ3v) is 13.8. The summed E-state index contributed by atoms with van der Waals surface area (Å²) in [6, 6.07) is 59.8. The first-order valence-electron chi connectivity index (χ1n) is 25.6. The van der Waals surface area contributed by atoms with Gasteiger partial charge in [0, 0.05) is 34.7 Å². The SMILES string of the molecule is CC(=O)OCC(=O)c1c(C)ccc2ccccc12.CC(=O)c1c(C)ccc2ccccc12.Cc1ccc2ccccc2c1-c1cnc(N)o1.Cc1ccc2ccccc2c1C(=O)CBr.Cc1ccc2ccccc2c1C(=O)CO. The number of fused-ring (bicyclic) bond motifs is 5. The third kappa shape index (κ3) is 14.0. The molecule has 0 spiro atoms. The van der Waals surface area contributed by atoms with Gasteiger partial charge >= 0.3 is 5.97 Å². The molecular weight excluding hydrogens is 1050 g/mol. The van der Waals surface area contributed by atoms with Gasteiger partial charge in [-0.3, -0.25) is 24.0 Å². The van der Waals surface area contributed by atoms with E-state index in [1.165, 1.54) is 12.3 Å². The molecule has 1 heterocycles. The lowest BCUT2D eigenvalue weighted by atomic mass is 9.97. The van der Waals surface area contributed by atoms with Crippen molar-refractivity contribution in [1.29, 1.82) is 0 Å². The van der Waals surface area contributed by atoms with Crippen molar-refractivity contribution in [3.05, 3.63) is 238 Å². The number of carbonyl (C=O) groups excluding carboxylic acids is 5. The number of hydrogen-bond donors (Lipinski definition) is 2. The van der Waals surface area contributed by atoms with Crippen LogP contribution in [0.25, 0.3) is 65.2 Å². The second-order valence-corrected chi connectivity index (χ2v) is 19.4. The Balaban J connectivity index is 0.000000143. The van der Waals surface area contributed by atoms with E-state index in [1.807, 2.05) is 173 Å². The van der Waals surface area contributed by atoms with Crippen LogP contribution in [0, 0.1) is 34.6 Å². The fourth-order valence-corrected chi connectivity index (χ4v) is 9.88. The van der Waals surface area contributed by atoms with Crippen LogP contribution in [-0.4, -0.2) is 57.7 Å². The molecule has 0 atom stereocenters.